The molecule has 0 aromatic rings. The summed E-state index contributed by atoms with van der Waals surface area (Å²) in [6.45, 7) is 7.06. The fourth-order valence-electron chi connectivity index (χ4n) is 4.39. The van der Waals surface area contributed by atoms with Crippen molar-refractivity contribution in [3.8, 4) is 0 Å². The van der Waals surface area contributed by atoms with Gasteiger partial charge in [0.25, 0.3) is 0 Å². The van der Waals surface area contributed by atoms with E-state index in [-0.39, 0.29) is 0 Å². The fourth-order valence-corrected chi connectivity index (χ4v) is 4.39. The number of rotatable bonds is 4. The highest BCUT2D eigenvalue weighted by atomic mass is 16.5. The quantitative estimate of drug-likeness (QED) is 0.864. The summed E-state index contributed by atoms with van der Waals surface area (Å²) in [6.07, 6.45) is 8.36. The number of carbonyl (C=O) groups excluding carboxylic acids is 1. The van der Waals surface area contributed by atoms with Gasteiger partial charge in [0.05, 0.1) is 6.10 Å². The maximum absolute atomic E-state index is 12.6. The number of ether oxygens (including phenoxy) is 1. The van der Waals surface area contributed by atoms with Gasteiger partial charge >= 0.3 is 0 Å². The zero-order chi connectivity index (χ0) is 14.7. The predicted molar refractivity (Wildman–Crippen MR) is 83.1 cm³/mol. The molecular weight excluding hydrogens is 264 g/mol. The highest BCUT2D eigenvalue weighted by Crippen LogP contribution is 2.37. The summed E-state index contributed by atoms with van der Waals surface area (Å²) >= 11 is 0. The molecule has 4 nitrogen and oxygen atoms in total. The molecule has 0 aromatic carbocycles. The molecule has 120 valence electrons. The van der Waals surface area contributed by atoms with Gasteiger partial charge in [-0.2, -0.15) is 0 Å². The van der Waals surface area contributed by atoms with E-state index in [2.05, 4.69) is 10.2 Å². The van der Waals surface area contributed by atoms with Gasteiger partial charge in [-0.3, -0.25) is 4.79 Å². The van der Waals surface area contributed by atoms with Crippen LogP contribution in [0.2, 0.25) is 0 Å². The number of hydrogen-bond acceptors (Lipinski definition) is 3. The Morgan fingerprint density at radius 1 is 1.33 bits per heavy atom. The highest BCUT2D eigenvalue weighted by molar-refractivity contribution is 5.76. The molecule has 1 N–H and O–H groups in total. The largest absolute Gasteiger partial charge is 0.378 e. The molecule has 21 heavy (non-hydrogen) atoms. The minimum Gasteiger partial charge on any atom is -0.378 e. The number of amides is 1. The Bertz CT molecular complexity index is 354. The van der Waals surface area contributed by atoms with E-state index in [4.69, 9.17) is 4.74 Å². The molecule has 0 radical (unpaired) electrons. The van der Waals surface area contributed by atoms with Gasteiger partial charge in [0.1, 0.15) is 0 Å². The molecule has 3 fully saturated rings. The first-order valence-corrected chi connectivity index (χ1v) is 8.81. The van der Waals surface area contributed by atoms with Gasteiger partial charge in [-0.1, -0.05) is 0 Å². The summed E-state index contributed by atoms with van der Waals surface area (Å²) in [7, 11) is 0. The molecule has 3 rings (SSSR count). The molecule has 4 heteroatoms. The molecule has 0 bridgehead atoms. The van der Waals surface area contributed by atoms with Crippen LogP contribution in [0.15, 0.2) is 0 Å². The number of hydrogen-bond donors (Lipinski definition) is 1. The van der Waals surface area contributed by atoms with E-state index in [1.807, 2.05) is 6.92 Å². The molecule has 1 aliphatic carbocycles. The summed E-state index contributed by atoms with van der Waals surface area (Å²) in [5.41, 5.74) is 0.375. The Hall–Kier alpha value is -0.610. The minimum absolute atomic E-state index is 0.375. The molecule has 2 aliphatic heterocycles. The van der Waals surface area contributed by atoms with Crippen LogP contribution in [0.5, 0.6) is 0 Å². The molecule has 1 amide bonds. The van der Waals surface area contributed by atoms with E-state index in [1.54, 1.807) is 0 Å². The monoisotopic (exact) mass is 294 g/mol. The lowest BCUT2D eigenvalue weighted by atomic mass is 9.74. The SMILES string of the molecule is CCOC1CC(CC(=O)N2CCCC3(CCCNC3)C2)C1. The van der Waals surface area contributed by atoms with Gasteiger partial charge in [0, 0.05) is 38.1 Å². The number of nitrogens with one attached hydrogen (secondary N) is 1. The van der Waals surface area contributed by atoms with Crippen molar-refractivity contribution in [3.63, 3.8) is 0 Å². The van der Waals surface area contributed by atoms with Crippen molar-refractivity contribution in [3.05, 3.63) is 0 Å². The third-order valence-corrected chi connectivity index (χ3v) is 5.63. The summed E-state index contributed by atoms with van der Waals surface area (Å²) in [5, 5.41) is 3.53. The van der Waals surface area contributed by atoms with Crippen molar-refractivity contribution in [1.82, 2.24) is 10.2 Å². The number of carbonyl (C=O) groups is 1. The Balaban J connectivity index is 1.46. The lowest BCUT2D eigenvalue weighted by molar-refractivity contribution is -0.138. The third kappa shape index (κ3) is 3.59. The molecular formula is C17H30N2O2. The van der Waals surface area contributed by atoms with Gasteiger partial charge in [-0.05, 0) is 57.9 Å². The first-order valence-electron chi connectivity index (χ1n) is 8.81. The average Bonchev–Trinajstić information content (AvgIpc) is 2.46. The van der Waals surface area contributed by atoms with Crippen LogP contribution in [0.3, 0.4) is 0 Å². The van der Waals surface area contributed by atoms with Crippen LogP contribution in [-0.2, 0) is 9.53 Å². The second kappa shape index (κ2) is 6.66. The molecule has 0 aromatic heterocycles. The van der Waals surface area contributed by atoms with Gasteiger partial charge in [0.15, 0.2) is 0 Å². The third-order valence-electron chi connectivity index (χ3n) is 5.63. The summed E-state index contributed by atoms with van der Waals surface area (Å²) < 4.78 is 5.59. The Morgan fingerprint density at radius 3 is 2.86 bits per heavy atom. The van der Waals surface area contributed by atoms with Gasteiger partial charge < -0.3 is 15.0 Å². The summed E-state index contributed by atoms with van der Waals surface area (Å²) in [5.74, 6) is 0.955. The second-order valence-electron chi connectivity index (χ2n) is 7.32. The normalized spacial score (nSPS) is 36.5. The van der Waals surface area contributed by atoms with Gasteiger partial charge in [-0.25, -0.2) is 0 Å². The second-order valence-corrected chi connectivity index (χ2v) is 7.32. The molecule has 2 saturated heterocycles. The van der Waals surface area contributed by atoms with Crippen molar-refractivity contribution in [2.45, 2.75) is 58.0 Å². The summed E-state index contributed by atoms with van der Waals surface area (Å²) in [6, 6.07) is 0. The van der Waals surface area contributed by atoms with E-state index in [9.17, 15) is 4.79 Å². The van der Waals surface area contributed by atoms with E-state index in [0.717, 1.165) is 52.0 Å². The molecule has 1 spiro atoms. The molecule has 3 aliphatic rings. The Kier molecular flexibility index (Phi) is 4.85. The smallest absolute Gasteiger partial charge is 0.222 e. The van der Waals surface area contributed by atoms with Crippen molar-refractivity contribution >= 4 is 5.91 Å². The van der Waals surface area contributed by atoms with Crippen LogP contribution in [0.4, 0.5) is 0 Å². The van der Waals surface area contributed by atoms with E-state index >= 15 is 0 Å². The average molecular weight is 294 g/mol. The zero-order valence-electron chi connectivity index (χ0n) is 13.4. The lowest BCUT2D eigenvalue weighted by Crippen LogP contribution is -2.53. The van der Waals surface area contributed by atoms with Crippen LogP contribution in [0.1, 0.15) is 51.9 Å². The van der Waals surface area contributed by atoms with Crippen molar-refractivity contribution in [2.75, 3.05) is 32.8 Å². The van der Waals surface area contributed by atoms with E-state index < -0.39 is 0 Å². The zero-order valence-corrected chi connectivity index (χ0v) is 13.4. The summed E-state index contributed by atoms with van der Waals surface area (Å²) in [4.78, 5) is 14.7. The van der Waals surface area contributed by atoms with Crippen molar-refractivity contribution < 1.29 is 9.53 Å². The van der Waals surface area contributed by atoms with Crippen LogP contribution in [-0.4, -0.2) is 49.7 Å². The number of nitrogens with zero attached hydrogens (tertiary/aromatic N) is 1. The van der Waals surface area contributed by atoms with E-state index in [1.165, 1.54) is 25.7 Å². The van der Waals surface area contributed by atoms with Gasteiger partial charge in [-0.15, -0.1) is 0 Å². The first kappa shape index (κ1) is 15.3. The highest BCUT2D eigenvalue weighted by Gasteiger charge is 2.39. The Morgan fingerprint density at radius 2 is 2.14 bits per heavy atom. The van der Waals surface area contributed by atoms with Crippen molar-refractivity contribution in [2.24, 2.45) is 11.3 Å². The molecule has 1 unspecified atom stereocenters. The maximum atomic E-state index is 12.6. The van der Waals surface area contributed by atoms with Crippen LogP contribution in [0.25, 0.3) is 0 Å². The topological polar surface area (TPSA) is 41.6 Å². The predicted octanol–water partition coefficient (Wildman–Crippen LogP) is 2.18. The van der Waals surface area contributed by atoms with E-state index in [0.29, 0.717) is 23.3 Å². The number of likely N-dealkylation sites (tertiary alicyclic amines) is 1. The van der Waals surface area contributed by atoms with Crippen LogP contribution >= 0.6 is 0 Å². The maximum Gasteiger partial charge on any atom is 0.222 e. The van der Waals surface area contributed by atoms with Crippen molar-refractivity contribution in [1.29, 1.82) is 0 Å². The molecule has 1 atom stereocenters. The fraction of sp³-hybridized carbons (Fsp3) is 0.941. The number of piperidine rings is 2. The standard InChI is InChI=1S/C17H30N2O2/c1-2-21-15-9-14(10-15)11-16(20)19-8-4-6-17(13-19)5-3-7-18-12-17/h14-15,18H,2-13H2,1H3. The molecule has 2 heterocycles. The van der Waals surface area contributed by atoms with Gasteiger partial charge in [0.2, 0.25) is 5.91 Å². The first-order chi connectivity index (χ1) is 10.2. The minimum atomic E-state index is 0.375. The van der Waals surface area contributed by atoms with Crippen LogP contribution in [0, 0.1) is 11.3 Å². The van der Waals surface area contributed by atoms with Crippen LogP contribution < -0.4 is 5.32 Å². The Labute approximate surface area is 128 Å². The lowest BCUT2D eigenvalue weighted by Gasteiger charge is -2.46. The molecule has 1 saturated carbocycles.